The van der Waals surface area contributed by atoms with Crippen LogP contribution in [0.4, 0.5) is 8.78 Å². The second-order valence-electron chi connectivity index (χ2n) is 4.59. The van der Waals surface area contributed by atoms with Crippen molar-refractivity contribution >= 4 is 11.0 Å². The predicted octanol–water partition coefficient (Wildman–Crippen LogP) is 3.88. The van der Waals surface area contributed by atoms with Crippen LogP contribution in [0.5, 0.6) is 5.75 Å². The van der Waals surface area contributed by atoms with Gasteiger partial charge in [0.05, 0.1) is 22.7 Å². The molecule has 110 valence electrons. The lowest BCUT2D eigenvalue weighted by molar-refractivity contribution is 0.0677. The lowest BCUT2D eigenvalue weighted by Crippen LogP contribution is -2.07. The van der Waals surface area contributed by atoms with E-state index in [1.807, 2.05) is 6.07 Å². The van der Waals surface area contributed by atoms with Crippen LogP contribution in [0.3, 0.4) is 0 Å². The Balaban J connectivity index is 1.87. The second kappa shape index (κ2) is 5.82. The highest BCUT2D eigenvalue weighted by atomic mass is 19.3. The highest BCUT2D eigenvalue weighted by molar-refractivity contribution is 5.75. The highest BCUT2D eigenvalue weighted by Gasteiger charge is 2.17. The number of halogens is 2. The van der Waals surface area contributed by atoms with Crippen LogP contribution in [0.25, 0.3) is 11.0 Å². The van der Waals surface area contributed by atoms with E-state index in [1.165, 1.54) is 0 Å². The Morgan fingerprint density at radius 2 is 1.86 bits per heavy atom. The third-order valence-corrected chi connectivity index (χ3v) is 3.22. The first-order valence-corrected chi connectivity index (χ1v) is 6.56. The molecule has 3 rings (SSSR count). The molecule has 3 aromatic rings. The molecule has 0 saturated carbocycles. The molecule has 0 unspecified atom stereocenters. The molecule has 0 spiro atoms. The average Bonchev–Trinajstić information content (AvgIpc) is 2.92. The number of hydrogen-bond acceptors (Lipinski definition) is 3. The molecule has 0 atom stereocenters. The summed E-state index contributed by atoms with van der Waals surface area (Å²) in [4.78, 5) is 4.19. The summed E-state index contributed by atoms with van der Waals surface area (Å²) in [6.07, 6.45) is 0. The van der Waals surface area contributed by atoms with Gasteiger partial charge in [0, 0.05) is 0 Å². The molecule has 0 aliphatic heterocycles. The zero-order chi connectivity index (χ0) is 15.5. The molecule has 2 aromatic carbocycles. The lowest BCUT2D eigenvalue weighted by atomic mass is 10.2. The number of alkyl halides is 2. The van der Waals surface area contributed by atoms with E-state index in [0.717, 1.165) is 4.57 Å². The summed E-state index contributed by atoms with van der Waals surface area (Å²) in [5.41, 5.74) is 1.38. The Kier molecular flexibility index (Phi) is 3.71. The van der Waals surface area contributed by atoms with Gasteiger partial charge in [-0.05, 0) is 36.4 Å². The van der Waals surface area contributed by atoms with Gasteiger partial charge in [0.15, 0.2) is 5.82 Å². The molecule has 4 nitrogen and oxygen atoms in total. The molecular formula is C16H11F2N3O. The third-order valence-electron chi connectivity index (χ3n) is 3.22. The fourth-order valence-corrected chi connectivity index (χ4v) is 2.19. The van der Waals surface area contributed by atoms with Crippen molar-refractivity contribution in [1.29, 1.82) is 5.26 Å². The number of aromatic nitrogens is 2. The summed E-state index contributed by atoms with van der Waals surface area (Å²) in [6.45, 7) is -2.77. The minimum absolute atomic E-state index is 0.0785. The fourth-order valence-electron chi connectivity index (χ4n) is 2.19. The van der Waals surface area contributed by atoms with Gasteiger partial charge in [-0.3, -0.25) is 4.57 Å². The second-order valence-corrected chi connectivity index (χ2v) is 4.59. The number of ether oxygens (including phenoxy) is 1. The minimum atomic E-state index is -2.69. The number of hydrogen-bond donors (Lipinski definition) is 0. The maximum absolute atomic E-state index is 13.2. The van der Waals surface area contributed by atoms with E-state index in [4.69, 9.17) is 10.00 Å². The monoisotopic (exact) mass is 299 g/mol. The SMILES string of the molecule is N#Cc1ccc(OCc2nc3ccccc3n2C(F)F)cc1. The van der Waals surface area contributed by atoms with Crippen LogP contribution >= 0.6 is 0 Å². The molecule has 6 heteroatoms. The van der Waals surface area contributed by atoms with Gasteiger partial charge in [0.1, 0.15) is 12.4 Å². The first-order valence-electron chi connectivity index (χ1n) is 6.56. The van der Waals surface area contributed by atoms with Crippen LogP contribution in [-0.2, 0) is 6.61 Å². The molecule has 0 aliphatic rings. The molecule has 0 saturated heterocycles. The number of benzene rings is 2. The molecule has 1 heterocycles. The summed E-state index contributed by atoms with van der Waals surface area (Å²) < 4.78 is 32.8. The lowest BCUT2D eigenvalue weighted by Gasteiger charge is -2.09. The molecule has 0 fully saturated rings. The number of nitrogens with zero attached hydrogens (tertiary/aromatic N) is 3. The van der Waals surface area contributed by atoms with Gasteiger partial charge < -0.3 is 4.74 Å². The molecule has 0 aliphatic carbocycles. The molecule has 22 heavy (non-hydrogen) atoms. The van der Waals surface area contributed by atoms with E-state index < -0.39 is 6.55 Å². The van der Waals surface area contributed by atoms with Crippen LogP contribution in [0.15, 0.2) is 48.5 Å². The van der Waals surface area contributed by atoms with Crippen molar-refractivity contribution in [1.82, 2.24) is 9.55 Å². The van der Waals surface area contributed by atoms with Gasteiger partial charge in [-0.1, -0.05) is 12.1 Å². The number of rotatable bonds is 4. The van der Waals surface area contributed by atoms with E-state index in [0.29, 0.717) is 22.3 Å². The fraction of sp³-hybridized carbons (Fsp3) is 0.125. The summed E-state index contributed by atoms with van der Waals surface area (Å²) >= 11 is 0. The zero-order valence-corrected chi connectivity index (χ0v) is 11.4. The summed E-state index contributed by atoms with van der Waals surface area (Å²) in [7, 11) is 0. The topological polar surface area (TPSA) is 50.8 Å². The van der Waals surface area contributed by atoms with Crippen molar-refractivity contribution in [2.45, 2.75) is 13.2 Å². The van der Waals surface area contributed by atoms with Gasteiger partial charge in [0.2, 0.25) is 0 Å². The van der Waals surface area contributed by atoms with E-state index in [1.54, 1.807) is 48.5 Å². The van der Waals surface area contributed by atoms with Crippen molar-refractivity contribution in [2.75, 3.05) is 0 Å². The summed E-state index contributed by atoms with van der Waals surface area (Å²) in [5.74, 6) is 0.646. The van der Waals surface area contributed by atoms with Crippen molar-refractivity contribution < 1.29 is 13.5 Å². The Morgan fingerprint density at radius 1 is 1.14 bits per heavy atom. The number of para-hydroxylation sites is 2. The van der Waals surface area contributed by atoms with Crippen LogP contribution in [0.1, 0.15) is 17.9 Å². The van der Waals surface area contributed by atoms with Gasteiger partial charge in [0.25, 0.3) is 0 Å². The highest BCUT2D eigenvalue weighted by Crippen LogP contribution is 2.24. The Hall–Kier alpha value is -2.94. The summed E-state index contributed by atoms with van der Waals surface area (Å²) in [6, 6.07) is 15.2. The van der Waals surface area contributed by atoms with Crippen LogP contribution in [0, 0.1) is 11.3 Å². The van der Waals surface area contributed by atoms with Crippen molar-refractivity contribution in [3.8, 4) is 11.8 Å². The van der Waals surface area contributed by atoms with Crippen molar-refractivity contribution in [3.05, 3.63) is 59.9 Å². The molecule has 0 bridgehead atoms. The average molecular weight is 299 g/mol. The maximum Gasteiger partial charge on any atom is 0.320 e. The van der Waals surface area contributed by atoms with E-state index in [9.17, 15) is 8.78 Å². The third kappa shape index (κ3) is 2.61. The molecule has 0 N–H and O–H groups in total. The number of fused-ring (bicyclic) bond motifs is 1. The van der Waals surface area contributed by atoms with Gasteiger partial charge in [-0.15, -0.1) is 0 Å². The van der Waals surface area contributed by atoms with E-state index in [-0.39, 0.29) is 12.4 Å². The van der Waals surface area contributed by atoms with Crippen molar-refractivity contribution in [3.63, 3.8) is 0 Å². The van der Waals surface area contributed by atoms with Crippen LogP contribution in [0.2, 0.25) is 0 Å². The molecule has 0 radical (unpaired) electrons. The minimum Gasteiger partial charge on any atom is -0.486 e. The van der Waals surface area contributed by atoms with Crippen molar-refractivity contribution in [2.24, 2.45) is 0 Å². The van der Waals surface area contributed by atoms with Gasteiger partial charge in [-0.2, -0.15) is 14.0 Å². The van der Waals surface area contributed by atoms with E-state index >= 15 is 0 Å². The Bertz CT molecular complexity index is 835. The smallest absolute Gasteiger partial charge is 0.320 e. The molecule has 0 amide bonds. The molecule has 1 aromatic heterocycles. The number of imidazole rings is 1. The first-order chi connectivity index (χ1) is 10.7. The quantitative estimate of drug-likeness (QED) is 0.734. The van der Waals surface area contributed by atoms with Gasteiger partial charge in [-0.25, -0.2) is 4.98 Å². The zero-order valence-electron chi connectivity index (χ0n) is 11.4. The number of nitriles is 1. The standard InChI is InChI=1S/C16H11F2N3O/c17-16(18)21-14-4-2-1-3-13(14)20-15(21)10-22-12-7-5-11(9-19)6-8-12/h1-8,16H,10H2. The van der Waals surface area contributed by atoms with Crippen LogP contribution in [-0.4, -0.2) is 9.55 Å². The molecular weight excluding hydrogens is 288 g/mol. The maximum atomic E-state index is 13.2. The Labute approximate surface area is 125 Å². The first kappa shape index (κ1) is 14.0. The summed E-state index contributed by atoms with van der Waals surface area (Å²) in [5, 5.41) is 8.73. The van der Waals surface area contributed by atoms with Crippen LogP contribution < -0.4 is 4.74 Å². The largest absolute Gasteiger partial charge is 0.486 e. The normalized spacial score (nSPS) is 10.8. The van der Waals surface area contributed by atoms with E-state index in [2.05, 4.69) is 4.98 Å². The van der Waals surface area contributed by atoms with Gasteiger partial charge >= 0.3 is 6.55 Å². The predicted molar refractivity (Wildman–Crippen MR) is 76.5 cm³/mol. The Morgan fingerprint density at radius 3 is 2.55 bits per heavy atom.